The average molecular weight is 169 g/mol. The Labute approximate surface area is 62.0 Å². The van der Waals surface area contributed by atoms with Crippen LogP contribution in [-0.2, 0) is 0 Å². The van der Waals surface area contributed by atoms with E-state index in [1.807, 2.05) is 0 Å². The summed E-state index contributed by atoms with van der Waals surface area (Å²) in [6, 6.07) is 2.28. The zero-order chi connectivity index (χ0) is 6.57. The predicted molar refractivity (Wildman–Crippen MR) is 43.4 cm³/mol. The van der Waals surface area contributed by atoms with Gasteiger partial charge in [-0.25, -0.2) is 0 Å². The van der Waals surface area contributed by atoms with Crippen LogP contribution in [0.2, 0.25) is 12.1 Å². The van der Waals surface area contributed by atoms with E-state index in [4.69, 9.17) is 23.2 Å². The van der Waals surface area contributed by atoms with E-state index in [-0.39, 0.29) is 0 Å². The molecule has 0 atom stereocenters. The van der Waals surface area contributed by atoms with Crippen LogP contribution in [-0.4, -0.2) is 12.5 Å². The molecule has 0 nitrogen and oxygen atoms in total. The monoisotopic (exact) mass is 168 g/mol. The number of rotatable bonds is 2. The van der Waals surface area contributed by atoms with Gasteiger partial charge in [-0.15, -0.1) is 0 Å². The van der Waals surface area contributed by atoms with E-state index >= 15 is 0 Å². The van der Waals surface area contributed by atoms with E-state index in [0.717, 1.165) is 12.1 Å². The summed E-state index contributed by atoms with van der Waals surface area (Å²) in [7, 11) is -0.493. The molecular weight excluding hydrogens is 159 g/mol. The van der Waals surface area contributed by atoms with Crippen LogP contribution in [0.15, 0.2) is 0 Å². The molecule has 0 unspecified atom stereocenters. The molecule has 0 bridgehead atoms. The van der Waals surface area contributed by atoms with Gasteiger partial charge in [-0.05, 0) is 12.1 Å². The summed E-state index contributed by atoms with van der Waals surface area (Å²) in [5, 5.41) is 0. The van der Waals surface area contributed by atoms with Crippen LogP contribution in [0.25, 0.3) is 0 Å². The van der Waals surface area contributed by atoms with Crippen molar-refractivity contribution >= 4 is 35.7 Å². The number of hydrogen-bond donors (Lipinski definition) is 0. The molecule has 0 rings (SSSR count). The van der Waals surface area contributed by atoms with Crippen molar-refractivity contribution in [1.82, 2.24) is 0 Å². The molecule has 0 aliphatic rings. The lowest BCUT2D eigenvalue weighted by Gasteiger charge is -1.94. The van der Waals surface area contributed by atoms with Crippen molar-refractivity contribution in [1.29, 1.82) is 0 Å². The molecule has 0 aliphatic carbocycles. The molecule has 48 valence electrons. The molecule has 0 heterocycles. The second-order valence-electron chi connectivity index (χ2n) is 1.57. The van der Waals surface area contributed by atoms with Crippen molar-refractivity contribution in [2.45, 2.75) is 25.9 Å². The molecular formula is C5H10Cl2Si. The van der Waals surface area contributed by atoms with E-state index in [1.54, 1.807) is 0 Å². The minimum Gasteiger partial charge on any atom is -0.0773 e. The van der Waals surface area contributed by atoms with Crippen LogP contribution in [0.4, 0.5) is 0 Å². The van der Waals surface area contributed by atoms with Crippen LogP contribution < -0.4 is 0 Å². The SMILES string of the molecule is CC[Si](CC)=C(Cl)Cl. The topological polar surface area (TPSA) is 0 Å². The van der Waals surface area contributed by atoms with Gasteiger partial charge in [0.15, 0.2) is 0 Å². The molecule has 0 radical (unpaired) electrons. The molecule has 0 aromatic heterocycles. The minimum absolute atomic E-state index is 0.493. The van der Waals surface area contributed by atoms with Crippen LogP contribution in [0.1, 0.15) is 13.8 Å². The van der Waals surface area contributed by atoms with Gasteiger partial charge in [0.1, 0.15) is 0 Å². The summed E-state index contributed by atoms with van der Waals surface area (Å²) in [6.45, 7) is 4.26. The fraction of sp³-hybridized carbons (Fsp3) is 0.800. The third kappa shape index (κ3) is 2.85. The molecule has 3 heteroatoms. The summed E-state index contributed by atoms with van der Waals surface area (Å²) in [5.41, 5.74) is 0. The Kier molecular flexibility index (Phi) is 4.91. The van der Waals surface area contributed by atoms with Gasteiger partial charge in [-0.1, -0.05) is 37.0 Å². The molecule has 0 saturated carbocycles. The first-order chi connectivity index (χ1) is 3.72. The smallest absolute Gasteiger partial charge is 0.0773 e. The molecule has 0 fully saturated rings. The predicted octanol–water partition coefficient (Wildman–Crippen LogP) is 2.67. The fourth-order valence-corrected chi connectivity index (χ4v) is 3.16. The van der Waals surface area contributed by atoms with Crippen LogP contribution >= 0.6 is 23.2 Å². The maximum atomic E-state index is 5.57. The summed E-state index contributed by atoms with van der Waals surface area (Å²) in [4.78, 5) is 0. The second-order valence-corrected chi connectivity index (χ2v) is 6.28. The lowest BCUT2D eigenvalue weighted by Crippen LogP contribution is -2.01. The summed E-state index contributed by atoms with van der Waals surface area (Å²) < 4.78 is 0.625. The highest BCUT2D eigenvalue weighted by Crippen LogP contribution is 1.98. The molecule has 0 aromatic carbocycles. The normalized spacial score (nSPS) is 9.00. The van der Waals surface area contributed by atoms with Gasteiger partial charge in [-0.3, -0.25) is 0 Å². The molecule has 0 spiro atoms. The zero-order valence-corrected chi connectivity index (χ0v) is 7.68. The van der Waals surface area contributed by atoms with Gasteiger partial charge in [0.25, 0.3) is 0 Å². The van der Waals surface area contributed by atoms with Gasteiger partial charge >= 0.3 is 0 Å². The van der Waals surface area contributed by atoms with Crippen molar-refractivity contribution in [3.8, 4) is 0 Å². The van der Waals surface area contributed by atoms with Crippen LogP contribution in [0.3, 0.4) is 0 Å². The molecule has 0 N–H and O–H groups in total. The average Bonchev–Trinajstić information content (AvgIpc) is 1.69. The minimum atomic E-state index is -0.493. The van der Waals surface area contributed by atoms with Crippen molar-refractivity contribution in [2.75, 3.05) is 0 Å². The van der Waals surface area contributed by atoms with Crippen LogP contribution in [0.5, 0.6) is 0 Å². The van der Waals surface area contributed by atoms with Crippen LogP contribution in [0, 0.1) is 0 Å². The molecule has 8 heavy (non-hydrogen) atoms. The maximum Gasteiger partial charge on any atom is 0.0792 e. The third-order valence-corrected chi connectivity index (χ3v) is 4.97. The first-order valence-corrected chi connectivity index (χ1v) is 5.42. The van der Waals surface area contributed by atoms with Crippen molar-refractivity contribution in [3.05, 3.63) is 0 Å². The Morgan fingerprint density at radius 3 is 1.62 bits per heavy atom. The van der Waals surface area contributed by atoms with Crippen molar-refractivity contribution in [3.63, 3.8) is 0 Å². The molecule has 0 amide bonds. The maximum absolute atomic E-state index is 5.57. The lowest BCUT2D eigenvalue weighted by atomic mass is 10.9. The highest BCUT2D eigenvalue weighted by molar-refractivity contribution is 7.13. The fourth-order valence-electron chi connectivity index (χ4n) is 0.517. The Balaban J connectivity index is 3.86. The first kappa shape index (κ1) is 8.67. The number of halogens is 2. The van der Waals surface area contributed by atoms with E-state index in [9.17, 15) is 0 Å². The molecule has 0 aliphatic heterocycles. The van der Waals surface area contributed by atoms with E-state index in [2.05, 4.69) is 13.8 Å². The molecule has 0 saturated heterocycles. The standard InChI is InChI=1S/C5H10Cl2Si/c1-3-8(4-2)5(6)7/h3-4H2,1-2H3. The summed E-state index contributed by atoms with van der Waals surface area (Å²) in [5.74, 6) is 0. The second kappa shape index (κ2) is 4.54. The quantitative estimate of drug-likeness (QED) is 0.557. The Morgan fingerprint density at radius 2 is 1.62 bits per heavy atom. The van der Waals surface area contributed by atoms with E-state index in [1.165, 1.54) is 0 Å². The summed E-state index contributed by atoms with van der Waals surface area (Å²) in [6.07, 6.45) is 0. The zero-order valence-electron chi connectivity index (χ0n) is 5.17. The van der Waals surface area contributed by atoms with Gasteiger partial charge in [0.05, 0.1) is 4.09 Å². The largest absolute Gasteiger partial charge is 0.0792 e. The van der Waals surface area contributed by atoms with Gasteiger partial charge in [0, 0.05) is 8.41 Å². The van der Waals surface area contributed by atoms with E-state index in [0.29, 0.717) is 4.09 Å². The van der Waals surface area contributed by atoms with E-state index < -0.39 is 8.41 Å². The summed E-state index contributed by atoms with van der Waals surface area (Å²) >= 11 is 11.1. The first-order valence-electron chi connectivity index (χ1n) is 2.75. The number of hydrogen-bond acceptors (Lipinski definition) is 0. The van der Waals surface area contributed by atoms with Crippen molar-refractivity contribution in [2.24, 2.45) is 0 Å². The highest BCUT2D eigenvalue weighted by atomic mass is 35.5. The lowest BCUT2D eigenvalue weighted by molar-refractivity contribution is 1.35. The third-order valence-electron chi connectivity index (χ3n) is 1.12. The molecule has 0 aromatic rings. The highest BCUT2D eigenvalue weighted by Gasteiger charge is 1.95. The Bertz CT molecular complexity index is 88.6. The van der Waals surface area contributed by atoms with Gasteiger partial charge < -0.3 is 0 Å². The van der Waals surface area contributed by atoms with Gasteiger partial charge in [-0.2, -0.15) is 0 Å². The Morgan fingerprint density at radius 1 is 1.25 bits per heavy atom. The van der Waals surface area contributed by atoms with Gasteiger partial charge in [0.2, 0.25) is 0 Å². The van der Waals surface area contributed by atoms with Crippen molar-refractivity contribution < 1.29 is 0 Å². The Hall–Kier alpha value is 0.667.